The highest BCUT2D eigenvalue weighted by atomic mass is 32.1. The van der Waals surface area contributed by atoms with Crippen LogP contribution >= 0.6 is 12.6 Å². The average molecular weight is 176 g/mol. The Labute approximate surface area is 75.9 Å². The normalized spacial score (nSPS) is 16.4. The summed E-state index contributed by atoms with van der Waals surface area (Å²) in [6.45, 7) is 7.56. The molecule has 11 heavy (non-hydrogen) atoms. The first kappa shape index (κ1) is 11.3. The molecule has 0 saturated carbocycles. The van der Waals surface area contributed by atoms with E-state index in [1.807, 2.05) is 0 Å². The third-order valence-electron chi connectivity index (χ3n) is 2.25. The fraction of sp³-hybridized carbons (Fsp3) is 1.00. The van der Waals surface area contributed by atoms with Gasteiger partial charge in [0.15, 0.2) is 0 Å². The van der Waals surface area contributed by atoms with Crippen molar-refractivity contribution in [2.75, 3.05) is 12.5 Å². The lowest BCUT2D eigenvalue weighted by Crippen LogP contribution is -2.21. The first-order chi connectivity index (χ1) is 5.18. The van der Waals surface area contributed by atoms with E-state index < -0.39 is 0 Å². The van der Waals surface area contributed by atoms with Gasteiger partial charge in [0, 0.05) is 0 Å². The molecule has 1 atom stereocenters. The monoisotopic (exact) mass is 176 g/mol. The minimum atomic E-state index is 0.372. The summed E-state index contributed by atoms with van der Waals surface area (Å²) >= 11 is 4.02. The molecule has 0 amide bonds. The molecule has 0 spiro atoms. The highest BCUT2D eigenvalue weighted by molar-refractivity contribution is 7.80. The Morgan fingerprint density at radius 1 is 1.36 bits per heavy atom. The summed E-state index contributed by atoms with van der Waals surface area (Å²) < 4.78 is 5.31. The van der Waals surface area contributed by atoms with Crippen LogP contribution in [0.4, 0.5) is 0 Å². The second kappa shape index (κ2) is 5.90. The van der Waals surface area contributed by atoms with Gasteiger partial charge in [-0.25, -0.2) is 0 Å². The molecule has 1 unspecified atom stereocenters. The Hall–Kier alpha value is 0.310. The van der Waals surface area contributed by atoms with Gasteiger partial charge in [-0.05, 0) is 18.3 Å². The van der Waals surface area contributed by atoms with Gasteiger partial charge in [0.2, 0.25) is 0 Å². The lowest BCUT2D eigenvalue weighted by molar-refractivity contribution is 0.0734. The van der Waals surface area contributed by atoms with Crippen molar-refractivity contribution < 1.29 is 4.74 Å². The minimum Gasteiger partial charge on any atom is -0.371 e. The quantitative estimate of drug-likeness (QED) is 0.483. The molecule has 0 aromatic heterocycles. The van der Waals surface area contributed by atoms with Crippen LogP contribution in [-0.4, -0.2) is 12.5 Å². The first-order valence-corrected chi connectivity index (χ1v) is 5.00. The van der Waals surface area contributed by atoms with Crippen molar-refractivity contribution in [3.05, 3.63) is 0 Å². The maximum Gasteiger partial charge on any atom is 0.0892 e. The van der Waals surface area contributed by atoms with Crippen molar-refractivity contribution in [1.29, 1.82) is 0 Å². The van der Waals surface area contributed by atoms with E-state index in [0.29, 0.717) is 11.4 Å². The van der Waals surface area contributed by atoms with Gasteiger partial charge < -0.3 is 4.74 Å². The zero-order valence-corrected chi connectivity index (χ0v) is 8.79. The summed E-state index contributed by atoms with van der Waals surface area (Å²) in [5.74, 6) is 0.541. The number of thiol groups is 1. The zero-order valence-electron chi connectivity index (χ0n) is 7.89. The van der Waals surface area contributed by atoms with Crippen molar-refractivity contribution in [3.8, 4) is 0 Å². The molecular formula is C9H20OS. The standard InChI is InChI=1S/C9H20OS/c1-4-6-9(3,5-2)7-10-8-11/h11H,4-8H2,1-3H3. The Balaban J connectivity index is 3.68. The number of ether oxygens (including phenoxy) is 1. The zero-order chi connectivity index (χ0) is 8.74. The Bertz CT molecular complexity index is 95.6. The molecule has 0 heterocycles. The van der Waals surface area contributed by atoms with Gasteiger partial charge in [-0.3, -0.25) is 0 Å². The van der Waals surface area contributed by atoms with Crippen LogP contribution in [0, 0.1) is 5.41 Å². The van der Waals surface area contributed by atoms with Gasteiger partial charge >= 0.3 is 0 Å². The molecule has 0 rings (SSSR count). The second-order valence-electron chi connectivity index (χ2n) is 3.39. The fourth-order valence-electron chi connectivity index (χ4n) is 1.25. The van der Waals surface area contributed by atoms with Crippen LogP contribution in [0.3, 0.4) is 0 Å². The second-order valence-corrected chi connectivity index (χ2v) is 3.65. The fourth-order valence-corrected chi connectivity index (χ4v) is 1.34. The molecule has 0 bridgehead atoms. The van der Waals surface area contributed by atoms with E-state index >= 15 is 0 Å². The highest BCUT2D eigenvalue weighted by Gasteiger charge is 2.20. The van der Waals surface area contributed by atoms with Gasteiger partial charge in [0.25, 0.3) is 0 Å². The van der Waals surface area contributed by atoms with Crippen LogP contribution in [0.2, 0.25) is 0 Å². The van der Waals surface area contributed by atoms with E-state index in [-0.39, 0.29) is 0 Å². The van der Waals surface area contributed by atoms with Crippen LogP contribution < -0.4 is 0 Å². The summed E-state index contributed by atoms with van der Waals surface area (Å²) in [7, 11) is 0. The van der Waals surface area contributed by atoms with E-state index in [4.69, 9.17) is 4.74 Å². The molecule has 0 N–H and O–H groups in total. The Morgan fingerprint density at radius 3 is 2.36 bits per heavy atom. The molecule has 0 fully saturated rings. The molecule has 1 nitrogen and oxygen atoms in total. The highest BCUT2D eigenvalue weighted by Crippen LogP contribution is 2.27. The van der Waals surface area contributed by atoms with Crippen molar-refractivity contribution in [3.63, 3.8) is 0 Å². The molecule has 0 aliphatic rings. The van der Waals surface area contributed by atoms with Crippen LogP contribution in [0.1, 0.15) is 40.0 Å². The van der Waals surface area contributed by atoms with Crippen LogP contribution in [-0.2, 0) is 4.74 Å². The Morgan fingerprint density at radius 2 is 2.00 bits per heavy atom. The van der Waals surface area contributed by atoms with Crippen molar-refractivity contribution >= 4 is 12.6 Å². The molecule has 0 aliphatic heterocycles. The van der Waals surface area contributed by atoms with E-state index in [1.165, 1.54) is 19.3 Å². The summed E-state index contributed by atoms with van der Waals surface area (Å²) in [6.07, 6.45) is 3.67. The van der Waals surface area contributed by atoms with E-state index in [1.54, 1.807) is 0 Å². The van der Waals surface area contributed by atoms with E-state index in [2.05, 4.69) is 33.4 Å². The molecule has 68 valence electrons. The summed E-state index contributed by atoms with van der Waals surface area (Å²) in [4.78, 5) is 0. The summed E-state index contributed by atoms with van der Waals surface area (Å²) in [5, 5.41) is 0. The van der Waals surface area contributed by atoms with Crippen LogP contribution in [0.15, 0.2) is 0 Å². The SMILES string of the molecule is CCCC(C)(CC)COCS. The molecule has 2 heteroatoms. The van der Waals surface area contributed by atoms with Gasteiger partial charge in [-0.1, -0.05) is 27.2 Å². The third kappa shape index (κ3) is 4.70. The van der Waals surface area contributed by atoms with Crippen LogP contribution in [0.25, 0.3) is 0 Å². The van der Waals surface area contributed by atoms with Crippen LogP contribution in [0.5, 0.6) is 0 Å². The predicted molar refractivity (Wildman–Crippen MR) is 53.1 cm³/mol. The summed E-state index contributed by atoms with van der Waals surface area (Å²) in [6, 6.07) is 0. The van der Waals surface area contributed by atoms with Gasteiger partial charge in [0.1, 0.15) is 0 Å². The van der Waals surface area contributed by atoms with Crippen molar-refractivity contribution in [2.45, 2.75) is 40.0 Å². The van der Waals surface area contributed by atoms with E-state index in [0.717, 1.165) is 6.61 Å². The van der Waals surface area contributed by atoms with E-state index in [9.17, 15) is 0 Å². The maximum absolute atomic E-state index is 5.31. The van der Waals surface area contributed by atoms with Crippen molar-refractivity contribution in [2.24, 2.45) is 5.41 Å². The number of hydrogen-bond acceptors (Lipinski definition) is 2. The molecule has 0 saturated heterocycles. The smallest absolute Gasteiger partial charge is 0.0892 e. The molecule has 0 aliphatic carbocycles. The molecule has 0 radical (unpaired) electrons. The molecule has 0 aromatic rings. The topological polar surface area (TPSA) is 9.23 Å². The largest absolute Gasteiger partial charge is 0.371 e. The average Bonchev–Trinajstić information content (AvgIpc) is 2.02. The lowest BCUT2D eigenvalue weighted by Gasteiger charge is -2.26. The van der Waals surface area contributed by atoms with Gasteiger partial charge in [-0.2, -0.15) is 12.6 Å². The predicted octanol–water partition coefficient (Wildman–Crippen LogP) is 3.11. The number of rotatable bonds is 6. The van der Waals surface area contributed by atoms with Gasteiger partial charge in [-0.15, -0.1) is 0 Å². The summed E-state index contributed by atoms with van der Waals surface area (Å²) in [5.41, 5.74) is 0.372. The molecular weight excluding hydrogens is 156 g/mol. The number of hydrogen-bond donors (Lipinski definition) is 1. The molecule has 0 aromatic carbocycles. The third-order valence-corrected chi connectivity index (χ3v) is 2.43. The first-order valence-electron chi connectivity index (χ1n) is 4.37. The minimum absolute atomic E-state index is 0.372. The van der Waals surface area contributed by atoms with Crippen molar-refractivity contribution in [1.82, 2.24) is 0 Å². The lowest BCUT2D eigenvalue weighted by atomic mass is 9.84. The van der Waals surface area contributed by atoms with Gasteiger partial charge in [0.05, 0.1) is 12.5 Å². The Kier molecular flexibility index (Phi) is 6.06. The maximum atomic E-state index is 5.31.